The first-order valence-electron chi connectivity index (χ1n) is 5.40. The Kier molecular flexibility index (Phi) is 5.29. The molecule has 6 heteroatoms. The van der Waals surface area contributed by atoms with Crippen LogP contribution in [-0.2, 0) is 16.1 Å². The Bertz CT molecular complexity index is 434. The van der Waals surface area contributed by atoms with Crippen LogP contribution in [0.1, 0.15) is 15.9 Å². The van der Waals surface area contributed by atoms with Crippen LogP contribution in [0, 0.1) is 0 Å². The molecule has 0 aliphatic rings. The summed E-state index contributed by atoms with van der Waals surface area (Å²) in [5.74, 6) is -1.22. The number of benzene rings is 1. The van der Waals surface area contributed by atoms with Crippen molar-refractivity contribution in [3.8, 4) is 0 Å². The molecule has 0 fully saturated rings. The molecule has 0 radical (unpaired) electrons. The third kappa shape index (κ3) is 3.83. The highest BCUT2D eigenvalue weighted by molar-refractivity contribution is 5.90. The molecule has 1 aromatic rings. The number of carbonyl (C=O) groups is 2. The Morgan fingerprint density at radius 3 is 2.72 bits per heavy atom. The van der Waals surface area contributed by atoms with Crippen molar-refractivity contribution >= 4 is 11.9 Å². The zero-order chi connectivity index (χ0) is 13.5. The van der Waals surface area contributed by atoms with Gasteiger partial charge in [-0.05, 0) is 11.6 Å². The number of esters is 1. The van der Waals surface area contributed by atoms with Crippen LogP contribution in [0.15, 0.2) is 24.3 Å². The van der Waals surface area contributed by atoms with Gasteiger partial charge in [-0.25, -0.2) is 4.79 Å². The van der Waals surface area contributed by atoms with Crippen molar-refractivity contribution in [1.29, 1.82) is 0 Å². The SMILES string of the molecule is COC(=O)c1ccccc1CNCC(O)C(N)=O. The van der Waals surface area contributed by atoms with Gasteiger partial charge in [-0.3, -0.25) is 4.79 Å². The summed E-state index contributed by atoms with van der Waals surface area (Å²) in [6.07, 6.45) is -1.24. The van der Waals surface area contributed by atoms with E-state index in [2.05, 4.69) is 10.1 Å². The van der Waals surface area contributed by atoms with Gasteiger partial charge in [-0.2, -0.15) is 0 Å². The summed E-state index contributed by atoms with van der Waals surface area (Å²) < 4.78 is 4.65. The van der Waals surface area contributed by atoms with E-state index in [1.54, 1.807) is 24.3 Å². The molecule has 0 spiro atoms. The van der Waals surface area contributed by atoms with E-state index in [-0.39, 0.29) is 6.54 Å². The molecule has 1 amide bonds. The molecule has 18 heavy (non-hydrogen) atoms. The van der Waals surface area contributed by atoms with Crippen molar-refractivity contribution in [2.75, 3.05) is 13.7 Å². The molecular formula is C12H16N2O4. The number of rotatable bonds is 6. The number of nitrogens with one attached hydrogen (secondary N) is 1. The van der Waals surface area contributed by atoms with Gasteiger partial charge in [0.1, 0.15) is 6.10 Å². The van der Waals surface area contributed by atoms with E-state index in [0.717, 1.165) is 5.56 Å². The second-order valence-corrected chi connectivity index (χ2v) is 3.70. The Balaban J connectivity index is 2.62. The smallest absolute Gasteiger partial charge is 0.338 e. The predicted octanol–water partition coefficient (Wildman–Crippen LogP) is -0.591. The van der Waals surface area contributed by atoms with Gasteiger partial charge in [-0.15, -0.1) is 0 Å². The average Bonchev–Trinajstić information content (AvgIpc) is 2.38. The van der Waals surface area contributed by atoms with Crippen LogP contribution >= 0.6 is 0 Å². The Labute approximate surface area is 105 Å². The standard InChI is InChI=1S/C12H16N2O4/c1-18-12(17)9-5-3-2-4-8(9)6-14-7-10(15)11(13)16/h2-5,10,14-15H,6-7H2,1H3,(H2,13,16). The molecule has 0 heterocycles. The lowest BCUT2D eigenvalue weighted by atomic mass is 10.1. The molecule has 4 N–H and O–H groups in total. The second-order valence-electron chi connectivity index (χ2n) is 3.70. The summed E-state index contributed by atoms with van der Waals surface area (Å²) in [5.41, 5.74) is 6.08. The number of aliphatic hydroxyl groups excluding tert-OH is 1. The zero-order valence-electron chi connectivity index (χ0n) is 10.1. The van der Waals surface area contributed by atoms with Gasteiger partial charge >= 0.3 is 5.97 Å². The first kappa shape index (κ1) is 14.1. The van der Waals surface area contributed by atoms with Gasteiger partial charge in [0.15, 0.2) is 0 Å². The van der Waals surface area contributed by atoms with E-state index >= 15 is 0 Å². The topological polar surface area (TPSA) is 102 Å². The quantitative estimate of drug-likeness (QED) is 0.587. The second kappa shape index (κ2) is 6.73. The van der Waals surface area contributed by atoms with Crippen LogP contribution in [-0.4, -0.2) is 36.7 Å². The largest absolute Gasteiger partial charge is 0.465 e. The maximum atomic E-state index is 11.5. The zero-order valence-corrected chi connectivity index (χ0v) is 10.1. The number of aliphatic hydroxyl groups is 1. The van der Waals surface area contributed by atoms with Crippen LogP contribution < -0.4 is 11.1 Å². The number of methoxy groups -OCH3 is 1. The summed E-state index contributed by atoms with van der Waals surface area (Å²) in [6, 6.07) is 6.92. The molecule has 0 bridgehead atoms. The Hall–Kier alpha value is -1.92. The number of hydrogen-bond acceptors (Lipinski definition) is 5. The molecule has 0 aromatic heterocycles. The summed E-state index contributed by atoms with van der Waals surface area (Å²) in [4.78, 5) is 22.1. The van der Waals surface area contributed by atoms with Crippen LogP contribution in [0.5, 0.6) is 0 Å². The first-order chi connectivity index (χ1) is 8.56. The van der Waals surface area contributed by atoms with E-state index in [1.807, 2.05) is 0 Å². The molecule has 1 rings (SSSR count). The number of nitrogens with two attached hydrogens (primary N) is 1. The highest BCUT2D eigenvalue weighted by Gasteiger charge is 2.12. The maximum Gasteiger partial charge on any atom is 0.338 e. The molecule has 6 nitrogen and oxygen atoms in total. The Morgan fingerprint density at radius 2 is 2.11 bits per heavy atom. The number of primary amides is 1. The van der Waals surface area contributed by atoms with E-state index in [0.29, 0.717) is 12.1 Å². The van der Waals surface area contributed by atoms with Gasteiger partial charge in [0, 0.05) is 13.1 Å². The summed E-state index contributed by atoms with van der Waals surface area (Å²) >= 11 is 0. The lowest BCUT2D eigenvalue weighted by molar-refractivity contribution is -0.125. The van der Waals surface area contributed by atoms with Gasteiger partial charge in [0.2, 0.25) is 5.91 Å². The van der Waals surface area contributed by atoms with Crippen LogP contribution in [0.2, 0.25) is 0 Å². The third-order valence-corrected chi connectivity index (χ3v) is 2.40. The van der Waals surface area contributed by atoms with E-state index in [4.69, 9.17) is 5.73 Å². The molecular weight excluding hydrogens is 236 g/mol. The monoisotopic (exact) mass is 252 g/mol. The van der Waals surface area contributed by atoms with Crippen LogP contribution in [0.4, 0.5) is 0 Å². The third-order valence-electron chi connectivity index (χ3n) is 2.40. The fourth-order valence-electron chi connectivity index (χ4n) is 1.43. The van der Waals surface area contributed by atoms with Crippen LogP contribution in [0.25, 0.3) is 0 Å². The summed E-state index contributed by atoms with van der Waals surface area (Å²) in [7, 11) is 1.31. The highest BCUT2D eigenvalue weighted by atomic mass is 16.5. The van der Waals surface area contributed by atoms with E-state index in [9.17, 15) is 14.7 Å². The van der Waals surface area contributed by atoms with Crippen molar-refractivity contribution in [3.05, 3.63) is 35.4 Å². The van der Waals surface area contributed by atoms with Gasteiger partial charge in [0.25, 0.3) is 0 Å². The summed E-state index contributed by atoms with van der Waals surface area (Å²) in [5, 5.41) is 12.0. The predicted molar refractivity (Wildman–Crippen MR) is 64.7 cm³/mol. The van der Waals surface area contributed by atoms with E-state index in [1.165, 1.54) is 7.11 Å². The molecule has 1 aromatic carbocycles. The number of hydrogen-bond donors (Lipinski definition) is 3. The lowest BCUT2D eigenvalue weighted by Crippen LogP contribution is -2.37. The highest BCUT2D eigenvalue weighted by Crippen LogP contribution is 2.09. The molecule has 1 unspecified atom stereocenters. The van der Waals surface area contributed by atoms with Gasteiger partial charge in [-0.1, -0.05) is 18.2 Å². The van der Waals surface area contributed by atoms with Gasteiger partial charge in [0.05, 0.1) is 12.7 Å². The molecule has 0 aliphatic heterocycles. The molecule has 0 saturated heterocycles. The maximum absolute atomic E-state index is 11.5. The van der Waals surface area contributed by atoms with Gasteiger partial charge < -0.3 is 20.9 Å². The lowest BCUT2D eigenvalue weighted by Gasteiger charge is -2.10. The fraction of sp³-hybridized carbons (Fsp3) is 0.333. The molecule has 98 valence electrons. The molecule has 0 aliphatic carbocycles. The van der Waals surface area contributed by atoms with Crippen molar-refractivity contribution in [3.63, 3.8) is 0 Å². The summed E-state index contributed by atoms with van der Waals surface area (Å²) in [6.45, 7) is 0.362. The normalized spacial score (nSPS) is 11.9. The van der Waals surface area contributed by atoms with Crippen molar-refractivity contribution in [2.24, 2.45) is 5.73 Å². The van der Waals surface area contributed by atoms with Crippen LogP contribution in [0.3, 0.4) is 0 Å². The van der Waals surface area contributed by atoms with Crippen molar-refractivity contribution < 1.29 is 19.4 Å². The van der Waals surface area contributed by atoms with Crippen molar-refractivity contribution in [2.45, 2.75) is 12.6 Å². The first-order valence-corrected chi connectivity index (χ1v) is 5.40. The number of carbonyl (C=O) groups excluding carboxylic acids is 2. The van der Waals surface area contributed by atoms with Crippen molar-refractivity contribution in [1.82, 2.24) is 5.32 Å². The molecule has 0 saturated carbocycles. The minimum Gasteiger partial charge on any atom is -0.465 e. The minimum absolute atomic E-state index is 0.0326. The number of ether oxygens (including phenoxy) is 1. The Morgan fingerprint density at radius 1 is 1.44 bits per heavy atom. The number of amides is 1. The molecule has 1 atom stereocenters. The minimum atomic E-state index is -1.24. The average molecular weight is 252 g/mol. The fourth-order valence-corrected chi connectivity index (χ4v) is 1.43. The van der Waals surface area contributed by atoms with E-state index < -0.39 is 18.0 Å².